The van der Waals surface area contributed by atoms with Crippen LogP contribution in [0.25, 0.3) is 10.9 Å². The fourth-order valence-electron chi connectivity index (χ4n) is 3.67. The number of nitrogens with zero attached hydrogens (tertiary/aromatic N) is 2. The summed E-state index contributed by atoms with van der Waals surface area (Å²) >= 11 is 0. The van der Waals surface area contributed by atoms with Crippen LogP contribution in [-0.2, 0) is 16.1 Å². The second kappa shape index (κ2) is 8.69. The first-order chi connectivity index (χ1) is 14.9. The fourth-order valence-corrected chi connectivity index (χ4v) is 3.67. The molecule has 0 saturated carbocycles. The second-order valence-corrected chi connectivity index (χ2v) is 7.44. The Balaban J connectivity index is 1.66. The lowest BCUT2D eigenvalue weighted by molar-refractivity contribution is -0.116. The molecule has 0 bridgehead atoms. The number of nitrogens with one attached hydrogen (secondary N) is 1. The first kappa shape index (κ1) is 20.7. The van der Waals surface area contributed by atoms with E-state index in [1.54, 1.807) is 42.2 Å². The van der Waals surface area contributed by atoms with Crippen molar-refractivity contribution in [2.45, 2.75) is 13.5 Å². The molecule has 7 nitrogen and oxygen atoms in total. The molecule has 0 spiro atoms. The average Bonchev–Trinajstić information content (AvgIpc) is 2.77. The van der Waals surface area contributed by atoms with Crippen molar-refractivity contribution in [3.63, 3.8) is 0 Å². The van der Waals surface area contributed by atoms with Crippen molar-refractivity contribution in [3.8, 4) is 0 Å². The minimum Gasteiger partial charge on any atom is -0.378 e. The second-order valence-electron chi connectivity index (χ2n) is 7.44. The van der Waals surface area contributed by atoms with Gasteiger partial charge in [0.1, 0.15) is 12.4 Å². The Morgan fingerprint density at radius 1 is 1.10 bits per heavy atom. The van der Waals surface area contributed by atoms with Crippen LogP contribution in [0.5, 0.6) is 0 Å². The third kappa shape index (κ3) is 4.34. The van der Waals surface area contributed by atoms with E-state index >= 15 is 0 Å². The molecular weight excluding hydrogens is 401 g/mol. The van der Waals surface area contributed by atoms with Crippen LogP contribution >= 0.6 is 0 Å². The number of anilines is 1. The first-order valence-electron chi connectivity index (χ1n) is 9.99. The van der Waals surface area contributed by atoms with Gasteiger partial charge in [-0.05, 0) is 30.7 Å². The van der Waals surface area contributed by atoms with Crippen molar-refractivity contribution in [2.75, 3.05) is 31.6 Å². The maximum absolute atomic E-state index is 14.1. The number of morpholine rings is 1. The van der Waals surface area contributed by atoms with Crippen molar-refractivity contribution in [1.82, 2.24) is 9.47 Å². The topological polar surface area (TPSA) is 80.6 Å². The maximum Gasteiger partial charge on any atom is 0.254 e. The number of carbonyl (C=O) groups excluding carboxylic acids is 2. The van der Waals surface area contributed by atoms with Gasteiger partial charge < -0.3 is 15.0 Å². The number of amides is 2. The summed E-state index contributed by atoms with van der Waals surface area (Å²) in [5.74, 6) is -1.32. The Labute approximate surface area is 178 Å². The van der Waals surface area contributed by atoms with Gasteiger partial charge in [0, 0.05) is 24.5 Å². The van der Waals surface area contributed by atoms with E-state index in [4.69, 9.17) is 4.74 Å². The summed E-state index contributed by atoms with van der Waals surface area (Å²) in [6.07, 6.45) is 0. The highest BCUT2D eigenvalue weighted by Crippen LogP contribution is 2.20. The SMILES string of the molecule is Cc1ccc(NC(=O)Cn2c(=O)cc(C(=O)N3CCOCC3)c3ccccc32)c(F)c1. The number of rotatable bonds is 4. The van der Waals surface area contributed by atoms with Crippen LogP contribution in [0, 0.1) is 12.7 Å². The van der Waals surface area contributed by atoms with Gasteiger partial charge in [-0.1, -0.05) is 24.3 Å². The van der Waals surface area contributed by atoms with Crippen LogP contribution in [0.4, 0.5) is 10.1 Å². The molecule has 8 heteroatoms. The largest absolute Gasteiger partial charge is 0.378 e. The van der Waals surface area contributed by atoms with Crippen LogP contribution < -0.4 is 10.9 Å². The molecule has 1 saturated heterocycles. The third-order valence-electron chi connectivity index (χ3n) is 5.25. The standard InChI is InChI=1S/C23H22FN3O4/c1-15-6-7-19(18(24)12-15)25-21(28)14-27-20-5-3-2-4-16(20)17(13-22(27)29)23(30)26-8-10-31-11-9-26/h2-7,12-13H,8-11,14H2,1H3,(H,25,28). The lowest BCUT2D eigenvalue weighted by Gasteiger charge is -2.27. The van der Waals surface area contributed by atoms with Crippen LogP contribution in [-0.4, -0.2) is 47.6 Å². The van der Waals surface area contributed by atoms with Crippen LogP contribution in [0.3, 0.4) is 0 Å². The van der Waals surface area contributed by atoms with Crippen molar-refractivity contribution >= 4 is 28.4 Å². The number of hydrogen-bond acceptors (Lipinski definition) is 4. The van der Waals surface area contributed by atoms with Crippen LogP contribution in [0.1, 0.15) is 15.9 Å². The Hall–Kier alpha value is -3.52. The smallest absolute Gasteiger partial charge is 0.254 e. The maximum atomic E-state index is 14.1. The molecular formula is C23H22FN3O4. The summed E-state index contributed by atoms with van der Waals surface area (Å²) in [5.41, 5.74) is 1.06. The van der Waals surface area contributed by atoms with Gasteiger partial charge in [-0.3, -0.25) is 19.0 Å². The fraction of sp³-hybridized carbons (Fsp3) is 0.261. The molecule has 1 aliphatic heterocycles. The first-order valence-corrected chi connectivity index (χ1v) is 9.99. The van der Waals surface area contributed by atoms with Gasteiger partial charge in [0.05, 0.1) is 30.0 Å². The van der Waals surface area contributed by atoms with Gasteiger partial charge in [-0.25, -0.2) is 4.39 Å². The normalized spacial score (nSPS) is 13.9. The zero-order chi connectivity index (χ0) is 22.0. The number of benzene rings is 2. The molecule has 2 aromatic carbocycles. The molecule has 2 heterocycles. The van der Waals surface area contributed by atoms with Gasteiger partial charge in [0.25, 0.3) is 11.5 Å². The number of pyridine rings is 1. The zero-order valence-electron chi connectivity index (χ0n) is 17.1. The highest BCUT2D eigenvalue weighted by atomic mass is 19.1. The summed E-state index contributed by atoms with van der Waals surface area (Å²) in [4.78, 5) is 40.1. The lowest BCUT2D eigenvalue weighted by atomic mass is 10.1. The monoisotopic (exact) mass is 423 g/mol. The number of ether oxygens (including phenoxy) is 1. The molecule has 0 radical (unpaired) electrons. The van der Waals surface area contributed by atoms with Crippen LogP contribution in [0.2, 0.25) is 0 Å². The Morgan fingerprint density at radius 3 is 2.58 bits per heavy atom. The molecule has 1 aliphatic rings. The summed E-state index contributed by atoms with van der Waals surface area (Å²) in [7, 11) is 0. The van der Waals surface area contributed by atoms with E-state index < -0.39 is 17.3 Å². The van der Waals surface area contributed by atoms with E-state index in [2.05, 4.69) is 5.32 Å². The molecule has 1 fully saturated rings. The Bertz CT molecular complexity index is 1220. The number of aryl methyl sites for hydroxylation is 1. The molecule has 0 atom stereocenters. The summed E-state index contributed by atoms with van der Waals surface area (Å²) < 4.78 is 20.6. The van der Waals surface area contributed by atoms with Crippen molar-refractivity contribution < 1.29 is 18.7 Å². The van der Waals surface area contributed by atoms with Crippen molar-refractivity contribution in [3.05, 3.63) is 75.8 Å². The van der Waals surface area contributed by atoms with Gasteiger partial charge in [-0.15, -0.1) is 0 Å². The number of halogens is 1. The van der Waals surface area contributed by atoms with E-state index in [1.807, 2.05) is 0 Å². The van der Waals surface area contributed by atoms with E-state index in [-0.39, 0.29) is 18.1 Å². The minimum absolute atomic E-state index is 0.0482. The minimum atomic E-state index is -0.544. The third-order valence-corrected chi connectivity index (χ3v) is 5.25. The number of fused-ring (bicyclic) bond motifs is 1. The van der Waals surface area contributed by atoms with E-state index in [9.17, 15) is 18.8 Å². The molecule has 31 heavy (non-hydrogen) atoms. The van der Waals surface area contributed by atoms with E-state index in [0.717, 1.165) is 5.56 Å². The number of carbonyl (C=O) groups is 2. The molecule has 0 unspecified atom stereocenters. The Morgan fingerprint density at radius 2 is 1.84 bits per heavy atom. The van der Waals surface area contributed by atoms with Gasteiger partial charge in [0.2, 0.25) is 5.91 Å². The quantitative estimate of drug-likeness (QED) is 0.700. The molecule has 3 aromatic rings. The van der Waals surface area contributed by atoms with Gasteiger partial charge in [-0.2, -0.15) is 0 Å². The van der Waals surface area contributed by atoms with E-state index in [0.29, 0.717) is 42.8 Å². The van der Waals surface area contributed by atoms with Crippen LogP contribution in [0.15, 0.2) is 53.3 Å². The summed E-state index contributed by atoms with van der Waals surface area (Å²) in [6.45, 7) is 3.27. The molecule has 2 amide bonds. The molecule has 0 aliphatic carbocycles. The highest BCUT2D eigenvalue weighted by Gasteiger charge is 2.22. The highest BCUT2D eigenvalue weighted by molar-refractivity contribution is 6.06. The summed E-state index contributed by atoms with van der Waals surface area (Å²) in [5, 5.41) is 3.08. The predicted molar refractivity (Wildman–Crippen MR) is 115 cm³/mol. The number of hydrogen-bond donors (Lipinski definition) is 1. The lowest BCUT2D eigenvalue weighted by Crippen LogP contribution is -2.41. The zero-order valence-corrected chi connectivity index (χ0v) is 17.1. The van der Waals surface area contributed by atoms with E-state index in [1.165, 1.54) is 22.8 Å². The Kier molecular flexibility index (Phi) is 5.81. The molecule has 1 N–H and O–H groups in total. The number of aromatic nitrogens is 1. The molecule has 160 valence electrons. The van der Waals surface area contributed by atoms with Crippen molar-refractivity contribution in [1.29, 1.82) is 0 Å². The molecule has 4 rings (SSSR count). The summed E-state index contributed by atoms with van der Waals surface area (Å²) in [6, 6.07) is 12.7. The molecule has 1 aromatic heterocycles. The van der Waals surface area contributed by atoms with Gasteiger partial charge >= 0.3 is 0 Å². The predicted octanol–water partition coefficient (Wildman–Crippen LogP) is 2.56. The van der Waals surface area contributed by atoms with Gasteiger partial charge in [0.15, 0.2) is 0 Å². The average molecular weight is 423 g/mol. The van der Waals surface area contributed by atoms with Crippen molar-refractivity contribution in [2.24, 2.45) is 0 Å². The number of para-hydroxylation sites is 1.